The lowest BCUT2D eigenvalue weighted by Crippen LogP contribution is -2.45. The molecule has 0 unspecified atom stereocenters. The zero-order valence-electron chi connectivity index (χ0n) is 22.8. The van der Waals surface area contributed by atoms with Crippen LogP contribution in [-0.2, 0) is 17.8 Å². The zero-order valence-corrected chi connectivity index (χ0v) is 22.8. The number of benzene rings is 3. The van der Waals surface area contributed by atoms with E-state index in [0.717, 1.165) is 29.7 Å². The zero-order chi connectivity index (χ0) is 28.1. The van der Waals surface area contributed by atoms with Crippen LogP contribution in [0.1, 0.15) is 44.7 Å². The summed E-state index contributed by atoms with van der Waals surface area (Å²) in [5, 5.41) is 9.64. The third kappa shape index (κ3) is 5.58. The van der Waals surface area contributed by atoms with E-state index in [1.165, 1.54) is 4.90 Å². The van der Waals surface area contributed by atoms with Gasteiger partial charge < -0.3 is 19.6 Å². The maximum atomic E-state index is 13.6. The van der Waals surface area contributed by atoms with Crippen molar-refractivity contribution in [3.8, 4) is 5.75 Å². The van der Waals surface area contributed by atoms with Crippen molar-refractivity contribution in [1.29, 1.82) is 0 Å². The largest absolute Gasteiger partial charge is 0.496 e. The topological polar surface area (TPSA) is 90.4 Å². The average molecular weight is 542 g/mol. The summed E-state index contributed by atoms with van der Waals surface area (Å²) in [6.45, 7) is 1.99. The Balaban J connectivity index is 1.32. The minimum Gasteiger partial charge on any atom is -0.496 e. The number of amides is 3. The van der Waals surface area contributed by atoms with Gasteiger partial charge in [-0.05, 0) is 48.6 Å². The van der Waals surface area contributed by atoms with E-state index in [9.17, 15) is 19.5 Å². The van der Waals surface area contributed by atoms with Gasteiger partial charge in [0.15, 0.2) is 0 Å². The summed E-state index contributed by atoms with van der Waals surface area (Å²) >= 11 is 0. The molecule has 0 aromatic heterocycles. The van der Waals surface area contributed by atoms with Crippen LogP contribution in [0.2, 0.25) is 0 Å². The number of carbonyl (C=O) groups excluding carboxylic acids is 3. The van der Waals surface area contributed by atoms with Crippen LogP contribution in [0.4, 0.5) is 5.69 Å². The summed E-state index contributed by atoms with van der Waals surface area (Å²) in [5.74, 6) is -0.139. The number of methoxy groups -OCH3 is 1. The van der Waals surface area contributed by atoms with Crippen molar-refractivity contribution in [2.45, 2.75) is 25.8 Å². The van der Waals surface area contributed by atoms with Gasteiger partial charge in [-0.2, -0.15) is 0 Å². The van der Waals surface area contributed by atoms with Crippen molar-refractivity contribution in [1.82, 2.24) is 9.80 Å². The predicted octanol–water partition coefficient (Wildman–Crippen LogP) is 3.77. The first-order valence-corrected chi connectivity index (χ1v) is 13.8. The van der Waals surface area contributed by atoms with Gasteiger partial charge in [0.25, 0.3) is 11.8 Å². The van der Waals surface area contributed by atoms with Crippen LogP contribution in [-0.4, -0.2) is 72.5 Å². The second-order valence-electron chi connectivity index (χ2n) is 10.3. The van der Waals surface area contributed by atoms with Gasteiger partial charge in [0, 0.05) is 32.7 Å². The number of fused-ring (bicyclic) bond motifs is 1. The molecule has 208 valence electrons. The lowest BCUT2D eigenvalue weighted by molar-refractivity contribution is -0.137. The molecule has 1 saturated heterocycles. The second-order valence-corrected chi connectivity index (χ2v) is 10.3. The Morgan fingerprint density at radius 3 is 2.55 bits per heavy atom. The van der Waals surface area contributed by atoms with Crippen molar-refractivity contribution >= 4 is 23.4 Å². The lowest BCUT2D eigenvalue weighted by atomic mass is 9.94. The molecule has 3 aromatic rings. The first-order valence-electron chi connectivity index (χ1n) is 13.8. The third-order valence-corrected chi connectivity index (χ3v) is 7.78. The highest BCUT2D eigenvalue weighted by Crippen LogP contribution is 2.35. The smallest absolute Gasteiger partial charge is 0.263 e. The fourth-order valence-electron chi connectivity index (χ4n) is 5.77. The molecule has 1 fully saturated rings. The van der Waals surface area contributed by atoms with Crippen molar-refractivity contribution < 1.29 is 24.2 Å². The van der Waals surface area contributed by atoms with Crippen molar-refractivity contribution in [3.05, 3.63) is 95.1 Å². The molecular formula is C32H35N3O5. The number of aliphatic hydroxyl groups excluding tert-OH is 1. The van der Waals surface area contributed by atoms with Gasteiger partial charge in [-0.15, -0.1) is 0 Å². The molecule has 1 N–H and O–H groups in total. The maximum absolute atomic E-state index is 13.6. The summed E-state index contributed by atoms with van der Waals surface area (Å²) < 4.78 is 5.43. The first-order chi connectivity index (χ1) is 19.5. The van der Waals surface area contributed by atoms with Crippen molar-refractivity contribution in [2.24, 2.45) is 5.92 Å². The Bertz CT molecular complexity index is 1380. The molecule has 0 spiro atoms. The van der Waals surface area contributed by atoms with E-state index in [2.05, 4.69) is 4.90 Å². The Morgan fingerprint density at radius 2 is 1.77 bits per heavy atom. The highest BCUT2D eigenvalue weighted by atomic mass is 16.5. The number of hydrogen-bond donors (Lipinski definition) is 1. The maximum Gasteiger partial charge on any atom is 0.263 e. The van der Waals surface area contributed by atoms with E-state index >= 15 is 0 Å². The number of ether oxygens (including phenoxy) is 1. The minimum absolute atomic E-state index is 0.00369. The number of piperidine rings is 1. The van der Waals surface area contributed by atoms with Gasteiger partial charge in [-0.25, -0.2) is 0 Å². The molecule has 3 amide bonds. The number of imide groups is 1. The van der Waals surface area contributed by atoms with Gasteiger partial charge in [-0.3, -0.25) is 19.3 Å². The van der Waals surface area contributed by atoms with Crippen molar-refractivity contribution in [3.63, 3.8) is 0 Å². The molecule has 2 aliphatic heterocycles. The van der Waals surface area contributed by atoms with E-state index in [1.807, 2.05) is 66.7 Å². The van der Waals surface area contributed by atoms with E-state index in [-0.39, 0.29) is 43.3 Å². The number of anilines is 1. The fourth-order valence-corrected chi connectivity index (χ4v) is 5.77. The number of nitrogens with zero attached hydrogens (tertiary/aromatic N) is 3. The second kappa shape index (κ2) is 12.3. The number of rotatable bonds is 10. The van der Waals surface area contributed by atoms with Gasteiger partial charge in [0.1, 0.15) is 5.75 Å². The monoisotopic (exact) mass is 541 g/mol. The summed E-state index contributed by atoms with van der Waals surface area (Å²) in [5.41, 5.74) is 3.46. The molecule has 8 nitrogen and oxygen atoms in total. The molecule has 40 heavy (non-hydrogen) atoms. The van der Waals surface area contributed by atoms with Crippen LogP contribution >= 0.6 is 0 Å². The number of carbonyl (C=O) groups is 3. The van der Waals surface area contributed by atoms with Crippen LogP contribution in [0.3, 0.4) is 0 Å². The molecule has 3 aromatic carbocycles. The van der Waals surface area contributed by atoms with Crippen LogP contribution < -0.4 is 9.64 Å². The molecule has 8 heteroatoms. The van der Waals surface area contributed by atoms with Crippen LogP contribution in [0.5, 0.6) is 5.75 Å². The first kappa shape index (κ1) is 27.4. The summed E-state index contributed by atoms with van der Waals surface area (Å²) in [6.07, 6.45) is 2.02. The number of para-hydroxylation sites is 1. The van der Waals surface area contributed by atoms with Crippen molar-refractivity contribution in [2.75, 3.05) is 44.8 Å². The molecule has 0 bridgehead atoms. The highest BCUT2D eigenvalue weighted by Gasteiger charge is 2.39. The summed E-state index contributed by atoms with van der Waals surface area (Å²) in [7, 11) is 1.61. The van der Waals surface area contributed by atoms with E-state index in [4.69, 9.17) is 4.74 Å². The summed E-state index contributed by atoms with van der Waals surface area (Å²) in [6, 6.07) is 22.7. The lowest BCUT2D eigenvalue weighted by Gasteiger charge is -2.36. The number of aliphatic hydroxyl groups is 1. The Hall–Kier alpha value is -4.17. The van der Waals surface area contributed by atoms with Gasteiger partial charge >= 0.3 is 0 Å². The van der Waals surface area contributed by atoms with Gasteiger partial charge in [0.2, 0.25) is 5.91 Å². The Kier molecular flexibility index (Phi) is 8.45. The molecule has 2 heterocycles. The normalized spacial score (nSPS) is 16.7. The molecule has 1 atom stereocenters. The minimum atomic E-state index is -0.301. The van der Waals surface area contributed by atoms with Gasteiger partial charge in [0.05, 0.1) is 36.4 Å². The Morgan fingerprint density at radius 1 is 1.00 bits per heavy atom. The molecule has 0 radical (unpaired) electrons. The third-order valence-electron chi connectivity index (χ3n) is 7.78. The van der Waals surface area contributed by atoms with Crippen LogP contribution in [0, 0.1) is 5.92 Å². The van der Waals surface area contributed by atoms with E-state index in [1.54, 1.807) is 18.1 Å². The Labute approximate surface area is 234 Å². The molecular weight excluding hydrogens is 506 g/mol. The highest BCUT2D eigenvalue weighted by molar-refractivity contribution is 6.23. The molecule has 2 aliphatic rings. The SMILES string of the molecule is COc1ccccc1CCN1C(=O)c2cccc(N3CCC[C@@H](C(=O)N(CCO)Cc4ccccc4)C3)c2C1=O. The van der Waals surface area contributed by atoms with E-state index < -0.39 is 0 Å². The number of hydrogen-bond acceptors (Lipinski definition) is 6. The van der Waals surface area contributed by atoms with Crippen LogP contribution in [0.15, 0.2) is 72.8 Å². The van der Waals surface area contributed by atoms with Gasteiger partial charge in [-0.1, -0.05) is 54.6 Å². The molecule has 5 rings (SSSR count). The quantitative estimate of drug-likeness (QED) is 0.393. The fraction of sp³-hybridized carbons (Fsp3) is 0.344. The van der Waals surface area contributed by atoms with E-state index in [0.29, 0.717) is 42.9 Å². The van der Waals surface area contributed by atoms with Crippen LogP contribution in [0.25, 0.3) is 0 Å². The average Bonchev–Trinajstić information content (AvgIpc) is 3.25. The predicted molar refractivity (Wildman–Crippen MR) is 152 cm³/mol. The molecule has 0 aliphatic carbocycles. The summed E-state index contributed by atoms with van der Waals surface area (Å²) in [4.78, 5) is 45.6. The standard InChI is InChI=1S/C32H35N3O5/c1-40-28-15-6-5-11-24(28)16-18-35-31(38)26-13-7-14-27(29(26)32(35)39)33-17-8-12-25(22-33)30(37)34(19-20-36)21-23-9-3-2-4-10-23/h2-7,9-11,13-15,25,36H,8,12,16-22H2,1H3/t25-/m1/s1. The molecule has 0 saturated carbocycles.